The number of hydrogen-bond donors (Lipinski definition) is 2. The van der Waals surface area contributed by atoms with Crippen LogP contribution in [0.3, 0.4) is 0 Å². The SMILES string of the molecule is N=C(/C(=C1\NC(c2ccccc2)=Cc2ccccc21)c1ccccc1)c1ccc(-c2nc(-c3ccccc3)cc(-c3cccc(-c4cccc5c4sc4ccccc45)c3)n2)cc1. The third kappa shape index (κ3) is 6.90. The van der Waals surface area contributed by atoms with Gasteiger partial charge < -0.3 is 5.32 Å². The van der Waals surface area contributed by atoms with Gasteiger partial charge in [0.05, 0.1) is 22.8 Å². The molecule has 3 heterocycles. The summed E-state index contributed by atoms with van der Waals surface area (Å²) in [5.74, 6) is 0.624. The van der Waals surface area contributed by atoms with Crippen LogP contribution in [0.25, 0.3) is 88.2 Å². The molecule has 0 aliphatic carbocycles. The Balaban J connectivity index is 0.994. The van der Waals surface area contributed by atoms with E-state index in [1.54, 1.807) is 0 Å². The molecule has 0 amide bonds. The monoisotopic (exact) mass is 810 g/mol. The summed E-state index contributed by atoms with van der Waals surface area (Å²) in [6.07, 6.45) is 2.19. The Hall–Kier alpha value is -7.99. The number of allylic oxidation sites excluding steroid dienone is 1. The molecule has 292 valence electrons. The Morgan fingerprint density at radius 3 is 1.84 bits per heavy atom. The zero-order valence-electron chi connectivity index (χ0n) is 33.6. The molecule has 0 bridgehead atoms. The molecule has 10 aromatic rings. The van der Waals surface area contributed by atoms with Gasteiger partial charge in [-0.2, -0.15) is 0 Å². The zero-order valence-corrected chi connectivity index (χ0v) is 34.4. The minimum atomic E-state index is 0.416. The summed E-state index contributed by atoms with van der Waals surface area (Å²) >= 11 is 1.84. The van der Waals surface area contributed by atoms with Gasteiger partial charge in [-0.3, -0.25) is 5.41 Å². The van der Waals surface area contributed by atoms with E-state index in [0.29, 0.717) is 11.5 Å². The van der Waals surface area contributed by atoms with Crippen molar-refractivity contribution in [1.82, 2.24) is 15.3 Å². The number of fused-ring (bicyclic) bond motifs is 4. The normalized spacial score (nSPS) is 13.0. The summed E-state index contributed by atoms with van der Waals surface area (Å²) in [7, 11) is 0. The Morgan fingerprint density at radius 1 is 0.452 bits per heavy atom. The van der Waals surface area contributed by atoms with E-state index in [-0.39, 0.29) is 0 Å². The van der Waals surface area contributed by atoms with Crippen molar-refractivity contribution < 1.29 is 0 Å². The summed E-state index contributed by atoms with van der Waals surface area (Å²) in [6.45, 7) is 0. The fourth-order valence-corrected chi connectivity index (χ4v) is 9.70. The molecule has 0 fully saturated rings. The highest BCUT2D eigenvalue weighted by molar-refractivity contribution is 7.26. The Kier molecular flexibility index (Phi) is 9.49. The lowest BCUT2D eigenvalue weighted by Crippen LogP contribution is -2.20. The molecular formula is C57H38N4S. The molecule has 4 nitrogen and oxygen atoms in total. The number of hydrogen-bond acceptors (Lipinski definition) is 5. The van der Waals surface area contributed by atoms with E-state index >= 15 is 0 Å². The van der Waals surface area contributed by atoms with E-state index in [1.807, 2.05) is 78.1 Å². The molecule has 0 atom stereocenters. The van der Waals surface area contributed by atoms with Crippen LogP contribution >= 0.6 is 11.3 Å². The van der Waals surface area contributed by atoms with E-state index < -0.39 is 0 Å². The summed E-state index contributed by atoms with van der Waals surface area (Å²) in [5.41, 5.74) is 15.1. The van der Waals surface area contributed by atoms with Crippen LogP contribution in [0, 0.1) is 5.41 Å². The maximum atomic E-state index is 9.87. The average molecular weight is 811 g/mol. The highest BCUT2D eigenvalue weighted by Crippen LogP contribution is 2.41. The van der Waals surface area contributed by atoms with Crippen molar-refractivity contribution >= 4 is 60.3 Å². The number of nitrogens with one attached hydrogen (secondary N) is 2. The van der Waals surface area contributed by atoms with Crippen molar-refractivity contribution in [2.45, 2.75) is 0 Å². The topological polar surface area (TPSA) is 61.7 Å². The van der Waals surface area contributed by atoms with Gasteiger partial charge in [-0.05, 0) is 52.1 Å². The van der Waals surface area contributed by atoms with Crippen molar-refractivity contribution in [3.05, 3.63) is 240 Å². The second-order valence-corrected chi connectivity index (χ2v) is 16.4. The molecule has 2 aromatic heterocycles. The number of aromatic nitrogens is 2. The van der Waals surface area contributed by atoms with Gasteiger partial charge in [0.1, 0.15) is 0 Å². The lowest BCUT2D eigenvalue weighted by Gasteiger charge is -2.26. The van der Waals surface area contributed by atoms with Crippen LogP contribution < -0.4 is 5.32 Å². The first-order valence-corrected chi connectivity index (χ1v) is 21.5. The molecule has 1 aliphatic rings. The number of nitrogens with zero attached hydrogens (tertiary/aromatic N) is 2. The molecule has 0 saturated heterocycles. The first kappa shape index (κ1) is 37.0. The number of benzene rings is 8. The van der Waals surface area contributed by atoms with Crippen LogP contribution in [0.15, 0.2) is 212 Å². The second kappa shape index (κ2) is 15.9. The van der Waals surface area contributed by atoms with Crippen molar-refractivity contribution in [2.24, 2.45) is 0 Å². The fourth-order valence-electron chi connectivity index (χ4n) is 8.46. The van der Waals surface area contributed by atoms with Crippen molar-refractivity contribution in [3.8, 4) is 45.0 Å². The smallest absolute Gasteiger partial charge is 0.160 e. The van der Waals surface area contributed by atoms with Gasteiger partial charge in [0, 0.05) is 59.3 Å². The molecule has 8 aromatic carbocycles. The predicted octanol–water partition coefficient (Wildman–Crippen LogP) is 14.6. The first-order valence-electron chi connectivity index (χ1n) is 20.7. The third-order valence-electron chi connectivity index (χ3n) is 11.5. The Labute approximate surface area is 364 Å². The van der Waals surface area contributed by atoms with Gasteiger partial charge in [-0.1, -0.05) is 194 Å². The van der Waals surface area contributed by atoms with Gasteiger partial charge >= 0.3 is 0 Å². The molecule has 0 spiro atoms. The fraction of sp³-hybridized carbons (Fsp3) is 0. The lowest BCUT2D eigenvalue weighted by molar-refractivity contribution is 1.18. The van der Waals surface area contributed by atoms with E-state index in [2.05, 4.69) is 157 Å². The molecule has 1 aliphatic heterocycles. The van der Waals surface area contributed by atoms with Gasteiger partial charge in [0.15, 0.2) is 5.82 Å². The minimum Gasteiger partial charge on any atom is -0.354 e. The standard InChI is InChI=1S/C57H38N4S/c58-54(53(39-20-8-3-9-21-39)55-45-25-11-10-22-43(45)35-49(59-55)37-16-4-1-5-17-37)40-30-32-41(33-31-40)57-60-50(38-18-6-2-7-19-38)36-51(61-57)44-24-14-23-42(34-44)46-27-15-28-48-47-26-12-13-29-52(47)62-56(46)48/h1-36,58-59H/b55-53-,58-54?. The largest absolute Gasteiger partial charge is 0.354 e. The summed E-state index contributed by atoms with van der Waals surface area (Å²) in [4.78, 5) is 10.4. The van der Waals surface area contributed by atoms with E-state index in [9.17, 15) is 5.41 Å². The average Bonchev–Trinajstić information content (AvgIpc) is 3.74. The van der Waals surface area contributed by atoms with Crippen LogP contribution in [0.2, 0.25) is 0 Å². The molecule has 11 rings (SSSR count). The molecule has 0 saturated carbocycles. The van der Waals surface area contributed by atoms with Crippen molar-refractivity contribution in [1.29, 1.82) is 5.41 Å². The zero-order chi connectivity index (χ0) is 41.4. The Morgan fingerprint density at radius 2 is 1.05 bits per heavy atom. The molecule has 2 N–H and O–H groups in total. The highest BCUT2D eigenvalue weighted by atomic mass is 32.1. The first-order chi connectivity index (χ1) is 30.6. The predicted molar refractivity (Wildman–Crippen MR) is 261 cm³/mol. The van der Waals surface area contributed by atoms with E-state index in [0.717, 1.165) is 78.4 Å². The van der Waals surface area contributed by atoms with E-state index in [1.165, 1.54) is 25.7 Å². The van der Waals surface area contributed by atoms with Crippen LogP contribution in [-0.4, -0.2) is 15.7 Å². The third-order valence-corrected chi connectivity index (χ3v) is 12.8. The molecular weight excluding hydrogens is 773 g/mol. The molecule has 62 heavy (non-hydrogen) atoms. The van der Waals surface area contributed by atoms with Gasteiger partial charge in [-0.15, -0.1) is 11.3 Å². The second-order valence-electron chi connectivity index (χ2n) is 15.4. The van der Waals surface area contributed by atoms with Crippen LogP contribution in [0.4, 0.5) is 0 Å². The quantitative estimate of drug-likeness (QED) is 0.150. The van der Waals surface area contributed by atoms with Crippen LogP contribution in [-0.2, 0) is 0 Å². The molecule has 5 heteroatoms. The van der Waals surface area contributed by atoms with Crippen molar-refractivity contribution in [3.63, 3.8) is 0 Å². The lowest BCUT2D eigenvalue weighted by atomic mass is 9.88. The van der Waals surface area contributed by atoms with Crippen LogP contribution in [0.5, 0.6) is 0 Å². The molecule has 0 unspecified atom stereocenters. The van der Waals surface area contributed by atoms with Crippen LogP contribution in [0.1, 0.15) is 27.8 Å². The van der Waals surface area contributed by atoms with Crippen molar-refractivity contribution in [2.75, 3.05) is 0 Å². The number of thiophene rings is 1. The summed E-state index contributed by atoms with van der Waals surface area (Å²) in [5, 5.41) is 16.2. The Bertz CT molecular complexity index is 3370. The number of rotatable bonds is 8. The molecule has 0 radical (unpaired) electrons. The van der Waals surface area contributed by atoms with Gasteiger partial charge in [0.2, 0.25) is 0 Å². The summed E-state index contributed by atoms with van der Waals surface area (Å²) < 4.78 is 2.57. The highest BCUT2D eigenvalue weighted by Gasteiger charge is 2.24. The summed E-state index contributed by atoms with van der Waals surface area (Å²) in [6, 6.07) is 73.4. The maximum Gasteiger partial charge on any atom is 0.160 e. The van der Waals surface area contributed by atoms with Gasteiger partial charge in [0.25, 0.3) is 0 Å². The van der Waals surface area contributed by atoms with E-state index in [4.69, 9.17) is 9.97 Å². The minimum absolute atomic E-state index is 0.416. The van der Waals surface area contributed by atoms with Gasteiger partial charge in [-0.25, -0.2) is 9.97 Å². The maximum absolute atomic E-state index is 9.87.